The first kappa shape index (κ1) is 24.2. The monoisotopic (exact) mass is 514 g/mol. The lowest BCUT2D eigenvalue weighted by Crippen LogP contribution is -2.14. The Balaban J connectivity index is 1.34. The van der Waals surface area contributed by atoms with Crippen molar-refractivity contribution in [2.75, 3.05) is 11.1 Å². The van der Waals surface area contributed by atoms with Gasteiger partial charge >= 0.3 is 0 Å². The molecule has 9 heteroatoms. The van der Waals surface area contributed by atoms with Crippen LogP contribution in [0.5, 0.6) is 11.5 Å². The van der Waals surface area contributed by atoms with E-state index in [9.17, 15) is 13.6 Å². The number of aromatic nitrogens is 3. The zero-order chi connectivity index (χ0) is 25.6. The lowest BCUT2D eigenvalue weighted by Gasteiger charge is -2.12. The maximum absolute atomic E-state index is 14.8. The highest BCUT2D eigenvalue weighted by Gasteiger charge is 2.20. The predicted octanol–water partition coefficient (Wildman–Crippen LogP) is 6.74. The molecular weight excluding hydrogens is 494 g/mol. The van der Waals surface area contributed by atoms with Crippen molar-refractivity contribution < 1.29 is 18.3 Å². The van der Waals surface area contributed by atoms with Gasteiger partial charge in [-0.25, -0.2) is 8.78 Å². The smallest absolute Gasteiger partial charge is 0.234 e. The first-order chi connectivity index (χ1) is 18.1. The molecule has 5 aromatic rings. The molecular formula is C28H20F2N4O2S. The van der Waals surface area contributed by atoms with Gasteiger partial charge in [-0.1, -0.05) is 66.4 Å². The van der Waals surface area contributed by atoms with Crippen molar-refractivity contribution in [2.24, 2.45) is 0 Å². The number of nitrogens with one attached hydrogen (secondary N) is 1. The van der Waals surface area contributed by atoms with Crippen LogP contribution in [-0.4, -0.2) is 26.4 Å². The molecule has 1 N–H and O–H groups in total. The molecule has 1 amide bonds. The summed E-state index contributed by atoms with van der Waals surface area (Å²) < 4.78 is 35.6. The van der Waals surface area contributed by atoms with Crippen molar-refractivity contribution in [3.05, 3.63) is 115 Å². The van der Waals surface area contributed by atoms with E-state index in [1.165, 1.54) is 16.7 Å². The Bertz CT molecular complexity index is 1530. The highest BCUT2D eigenvalue weighted by molar-refractivity contribution is 7.99. The van der Waals surface area contributed by atoms with E-state index in [1.807, 2.05) is 60.7 Å². The molecule has 0 aliphatic rings. The summed E-state index contributed by atoms with van der Waals surface area (Å²) in [5.41, 5.74) is 1.35. The lowest BCUT2D eigenvalue weighted by molar-refractivity contribution is -0.113. The van der Waals surface area contributed by atoms with E-state index < -0.39 is 11.6 Å². The normalized spacial score (nSPS) is 10.8. The van der Waals surface area contributed by atoms with Crippen molar-refractivity contribution in [1.29, 1.82) is 0 Å². The summed E-state index contributed by atoms with van der Waals surface area (Å²) in [6.07, 6.45) is 0. The molecule has 6 nitrogen and oxygen atoms in total. The molecule has 4 aromatic carbocycles. The second-order valence-corrected chi connectivity index (χ2v) is 8.83. The van der Waals surface area contributed by atoms with Gasteiger partial charge < -0.3 is 10.1 Å². The highest BCUT2D eigenvalue weighted by Crippen LogP contribution is 2.30. The van der Waals surface area contributed by atoms with E-state index in [0.717, 1.165) is 17.8 Å². The van der Waals surface area contributed by atoms with Crippen LogP contribution in [0, 0.1) is 11.6 Å². The largest absolute Gasteiger partial charge is 0.457 e. The second-order valence-electron chi connectivity index (χ2n) is 7.88. The Morgan fingerprint density at radius 3 is 2.32 bits per heavy atom. The van der Waals surface area contributed by atoms with E-state index >= 15 is 0 Å². The van der Waals surface area contributed by atoms with Gasteiger partial charge in [0.05, 0.1) is 11.4 Å². The summed E-state index contributed by atoms with van der Waals surface area (Å²) in [6, 6.07) is 28.8. The summed E-state index contributed by atoms with van der Waals surface area (Å²) in [5, 5.41) is 11.5. The van der Waals surface area contributed by atoms with Crippen LogP contribution in [0.3, 0.4) is 0 Å². The molecule has 0 saturated carbocycles. The number of amides is 1. The quantitative estimate of drug-likeness (QED) is 0.232. The molecule has 0 aliphatic carbocycles. The number of anilines is 1. The number of nitrogens with zero attached hydrogens (tertiary/aromatic N) is 3. The van der Waals surface area contributed by atoms with Crippen molar-refractivity contribution in [1.82, 2.24) is 14.8 Å². The molecule has 184 valence electrons. The van der Waals surface area contributed by atoms with Crippen LogP contribution in [0.2, 0.25) is 0 Å². The zero-order valence-corrected chi connectivity index (χ0v) is 20.2. The third-order valence-electron chi connectivity index (χ3n) is 5.25. The van der Waals surface area contributed by atoms with E-state index in [-0.39, 0.29) is 17.3 Å². The van der Waals surface area contributed by atoms with Gasteiger partial charge in [-0.05, 0) is 36.4 Å². The van der Waals surface area contributed by atoms with Gasteiger partial charge in [0.25, 0.3) is 0 Å². The number of hydrogen-bond donors (Lipinski definition) is 1. The van der Waals surface area contributed by atoms with Crippen LogP contribution in [0.25, 0.3) is 17.1 Å². The van der Waals surface area contributed by atoms with Crippen LogP contribution >= 0.6 is 11.8 Å². The molecule has 37 heavy (non-hydrogen) atoms. The number of ether oxygens (including phenoxy) is 1. The van der Waals surface area contributed by atoms with Gasteiger partial charge in [0.1, 0.15) is 23.1 Å². The maximum atomic E-state index is 14.8. The molecule has 1 aromatic heterocycles. The van der Waals surface area contributed by atoms with Gasteiger partial charge in [0, 0.05) is 23.4 Å². The Labute approximate surface area is 215 Å². The van der Waals surface area contributed by atoms with E-state index in [1.54, 1.807) is 24.3 Å². The van der Waals surface area contributed by atoms with Crippen molar-refractivity contribution >= 4 is 23.4 Å². The summed E-state index contributed by atoms with van der Waals surface area (Å²) in [4.78, 5) is 12.7. The van der Waals surface area contributed by atoms with Gasteiger partial charge in [-0.3, -0.25) is 9.36 Å². The molecule has 5 rings (SSSR count). The SMILES string of the molecule is O=C(CSc1nnc(-c2ccccc2)n1-c1ccc(F)cc1F)Nc1cccc(Oc2ccccc2)c1. The summed E-state index contributed by atoms with van der Waals surface area (Å²) in [5.74, 6) is -0.128. The van der Waals surface area contributed by atoms with Crippen LogP contribution in [-0.2, 0) is 4.79 Å². The third-order valence-corrected chi connectivity index (χ3v) is 6.17. The molecule has 0 aliphatic heterocycles. The molecule has 0 radical (unpaired) electrons. The van der Waals surface area contributed by atoms with Crippen molar-refractivity contribution in [3.63, 3.8) is 0 Å². The summed E-state index contributed by atoms with van der Waals surface area (Å²) in [6.45, 7) is 0. The van der Waals surface area contributed by atoms with Crippen molar-refractivity contribution in [2.45, 2.75) is 5.16 Å². The Morgan fingerprint density at radius 2 is 1.57 bits per heavy atom. The van der Waals surface area contributed by atoms with E-state index in [0.29, 0.717) is 33.7 Å². The fraction of sp³-hybridized carbons (Fsp3) is 0.0357. The molecule has 0 atom stereocenters. The molecule has 0 fully saturated rings. The van der Waals surface area contributed by atoms with Gasteiger partial charge in [-0.15, -0.1) is 10.2 Å². The molecule has 0 bridgehead atoms. The Kier molecular flexibility index (Phi) is 7.23. The van der Waals surface area contributed by atoms with Crippen molar-refractivity contribution in [3.8, 4) is 28.6 Å². The first-order valence-electron chi connectivity index (χ1n) is 11.3. The minimum atomic E-state index is -0.765. The standard InChI is InChI=1S/C28H20F2N4O2S/c29-20-14-15-25(24(30)16-20)34-27(19-8-3-1-4-9-19)32-33-28(34)37-18-26(35)31-21-10-7-13-23(17-21)36-22-11-5-2-6-12-22/h1-17H,18H2,(H,31,35). The molecule has 0 spiro atoms. The number of benzene rings is 4. The van der Waals surface area contributed by atoms with Crippen LogP contribution < -0.4 is 10.1 Å². The van der Waals surface area contributed by atoms with E-state index in [4.69, 9.17) is 4.74 Å². The van der Waals surface area contributed by atoms with Gasteiger partial charge in [0.15, 0.2) is 11.0 Å². The third kappa shape index (κ3) is 5.84. The second kappa shape index (κ2) is 11.0. The summed E-state index contributed by atoms with van der Waals surface area (Å²) in [7, 11) is 0. The zero-order valence-electron chi connectivity index (χ0n) is 19.3. The van der Waals surface area contributed by atoms with E-state index in [2.05, 4.69) is 15.5 Å². The van der Waals surface area contributed by atoms with Crippen LogP contribution in [0.15, 0.2) is 108 Å². The fourth-order valence-electron chi connectivity index (χ4n) is 3.61. The van der Waals surface area contributed by atoms with Crippen LogP contribution in [0.1, 0.15) is 0 Å². The minimum Gasteiger partial charge on any atom is -0.457 e. The highest BCUT2D eigenvalue weighted by atomic mass is 32.2. The summed E-state index contributed by atoms with van der Waals surface area (Å²) >= 11 is 1.09. The molecule has 0 saturated heterocycles. The number of carbonyl (C=O) groups excluding carboxylic acids is 1. The average molecular weight is 515 g/mol. The topological polar surface area (TPSA) is 69.0 Å². The lowest BCUT2D eigenvalue weighted by atomic mass is 10.2. The number of rotatable bonds is 8. The minimum absolute atomic E-state index is 0.0144. The number of halogens is 2. The molecule has 0 unspecified atom stereocenters. The average Bonchev–Trinajstić information content (AvgIpc) is 3.32. The number of carbonyl (C=O) groups is 1. The number of para-hydroxylation sites is 1. The van der Waals surface area contributed by atoms with Crippen LogP contribution in [0.4, 0.5) is 14.5 Å². The number of hydrogen-bond acceptors (Lipinski definition) is 5. The molecule has 1 heterocycles. The Morgan fingerprint density at radius 1 is 0.838 bits per heavy atom. The fourth-order valence-corrected chi connectivity index (χ4v) is 4.35. The maximum Gasteiger partial charge on any atom is 0.234 e. The van der Waals surface area contributed by atoms with Gasteiger partial charge in [-0.2, -0.15) is 0 Å². The predicted molar refractivity (Wildman–Crippen MR) is 139 cm³/mol. The van der Waals surface area contributed by atoms with Gasteiger partial charge in [0.2, 0.25) is 5.91 Å². The number of thioether (sulfide) groups is 1. The first-order valence-corrected chi connectivity index (χ1v) is 12.3. The Hall–Kier alpha value is -4.50.